The van der Waals surface area contributed by atoms with Gasteiger partial charge in [0, 0.05) is 0 Å². The van der Waals surface area contributed by atoms with Gasteiger partial charge in [0.2, 0.25) is 0 Å². The Labute approximate surface area is 77.2 Å². The summed E-state index contributed by atoms with van der Waals surface area (Å²) in [7, 11) is 0. The summed E-state index contributed by atoms with van der Waals surface area (Å²) >= 11 is 0. The Kier molecular flexibility index (Phi) is 3.70. The predicted molar refractivity (Wildman–Crippen MR) is 49.4 cm³/mol. The molecule has 0 aliphatic carbocycles. The molecule has 0 heterocycles. The molecular formula is C10H12O3. The molecule has 0 unspecified atom stereocenters. The Morgan fingerprint density at radius 2 is 2.08 bits per heavy atom. The highest BCUT2D eigenvalue weighted by Gasteiger charge is 1.92. The van der Waals surface area contributed by atoms with Crippen molar-refractivity contribution >= 4 is 0 Å². The van der Waals surface area contributed by atoms with Gasteiger partial charge in [-0.05, 0) is 19.1 Å². The number of benzene rings is 1. The number of aliphatic hydroxyl groups excluding tert-OH is 1. The third-order valence-electron chi connectivity index (χ3n) is 1.33. The van der Waals surface area contributed by atoms with Crippen molar-refractivity contribution in [3.05, 3.63) is 42.5 Å². The van der Waals surface area contributed by atoms with Crippen LogP contribution >= 0.6 is 0 Å². The monoisotopic (exact) mass is 180 g/mol. The van der Waals surface area contributed by atoms with E-state index < -0.39 is 0 Å². The van der Waals surface area contributed by atoms with Crippen LogP contribution in [-0.4, -0.2) is 11.7 Å². The Morgan fingerprint density at radius 1 is 1.38 bits per heavy atom. The lowest BCUT2D eigenvalue weighted by molar-refractivity contribution is 0.0925. The summed E-state index contributed by atoms with van der Waals surface area (Å²) < 4.78 is 9.84. The zero-order valence-electron chi connectivity index (χ0n) is 7.43. The molecule has 1 rings (SSSR count). The molecule has 70 valence electrons. The zero-order chi connectivity index (χ0) is 9.52. The van der Waals surface area contributed by atoms with E-state index in [4.69, 9.17) is 14.6 Å². The van der Waals surface area contributed by atoms with E-state index >= 15 is 0 Å². The highest BCUT2D eigenvalue weighted by molar-refractivity contribution is 5.21. The topological polar surface area (TPSA) is 38.7 Å². The summed E-state index contributed by atoms with van der Waals surface area (Å²) in [5, 5.41) is 9.02. The van der Waals surface area contributed by atoms with Crippen LogP contribution in [0, 0.1) is 0 Å². The van der Waals surface area contributed by atoms with E-state index in [9.17, 15) is 0 Å². The van der Waals surface area contributed by atoms with Gasteiger partial charge in [0.15, 0.2) is 6.26 Å². The molecular weight excluding hydrogens is 168 g/mol. The van der Waals surface area contributed by atoms with E-state index in [2.05, 4.69) is 0 Å². The van der Waals surface area contributed by atoms with Gasteiger partial charge in [-0.3, -0.25) is 0 Å². The summed E-state index contributed by atoms with van der Waals surface area (Å²) in [6.45, 7) is 2.20. The maximum Gasteiger partial charge on any atom is 0.313 e. The third kappa shape index (κ3) is 3.51. The van der Waals surface area contributed by atoms with Gasteiger partial charge in [-0.15, -0.1) is 0 Å². The predicted octanol–water partition coefficient (Wildman–Crippen LogP) is 2.46. The zero-order valence-corrected chi connectivity index (χ0v) is 7.43. The Bertz CT molecular complexity index is 267. The average Bonchev–Trinajstić information content (AvgIpc) is 2.17. The molecule has 1 aromatic carbocycles. The standard InChI is InChI=1S/C10H12O3/c1-2-12-10(11)8-13-9-6-4-3-5-7-9/h3-8,11H,2H2,1H3. The number of para-hydroxylation sites is 1. The normalized spacial score (nSPS) is 11.0. The number of rotatable bonds is 4. The largest absolute Gasteiger partial charge is 0.479 e. The van der Waals surface area contributed by atoms with Crippen LogP contribution in [-0.2, 0) is 4.74 Å². The van der Waals surface area contributed by atoms with Gasteiger partial charge < -0.3 is 14.6 Å². The molecule has 0 saturated carbocycles. The van der Waals surface area contributed by atoms with E-state index in [0.29, 0.717) is 12.4 Å². The lowest BCUT2D eigenvalue weighted by atomic mass is 10.3. The molecule has 0 amide bonds. The first-order chi connectivity index (χ1) is 6.33. The van der Waals surface area contributed by atoms with Gasteiger partial charge in [0.05, 0.1) is 6.61 Å². The second-order valence-electron chi connectivity index (χ2n) is 2.32. The summed E-state index contributed by atoms with van der Waals surface area (Å²) in [4.78, 5) is 0. The number of hydrogen-bond donors (Lipinski definition) is 1. The first kappa shape index (κ1) is 9.45. The van der Waals surface area contributed by atoms with Crippen molar-refractivity contribution in [1.29, 1.82) is 0 Å². The summed E-state index contributed by atoms with van der Waals surface area (Å²) in [6, 6.07) is 9.16. The molecule has 1 aromatic rings. The maximum atomic E-state index is 9.02. The molecule has 13 heavy (non-hydrogen) atoms. The van der Waals surface area contributed by atoms with Crippen molar-refractivity contribution in [2.24, 2.45) is 0 Å². The first-order valence-electron chi connectivity index (χ1n) is 4.06. The lowest BCUT2D eigenvalue weighted by Crippen LogP contribution is -1.92. The van der Waals surface area contributed by atoms with Crippen molar-refractivity contribution in [3.8, 4) is 5.75 Å². The van der Waals surface area contributed by atoms with E-state index in [0.717, 1.165) is 0 Å². The molecule has 0 atom stereocenters. The fourth-order valence-corrected chi connectivity index (χ4v) is 0.799. The molecule has 0 aromatic heterocycles. The minimum atomic E-state index is -0.216. The fourth-order valence-electron chi connectivity index (χ4n) is 0.799. The van der Waals surface area contributed by atoms with Crippen LogP contribution in [0.2, 0.25) is 0 Å². The summed E-state index contributed by atoms with van der Waals surface area (Å²) in [5.41, 5.74) is 0. The molecule has 0 fully saturated rings. The molecule has 0 bridgehead atoms. The molecule has 1 N–H and O–H groups in total. The number of hydrogen-bond acceptors (Lipinski definition) is 3. The Morgan fingerprint density at radius 3 is 2.69 bits per heavy atom. The van der Waals surface area contributed by atoms with Crippen LogP contribution in [0.25, 0.3) is 0 Å². The van der Waals surface area contributed by atoms with Gasteiger partial charge in [-0.25, -0.2) is 0 Å². The van der Waals surface area contributed by atoms with Gasteiger partial charge >= 0.3 is 5.95 Å². The van der Waals surface area contributed by atoms with Crippen LogP contribution in [0.3, 0.4) is 0 Å². The van der Waals surface area contributed by atoms with Gasteiger partial charge in [-0.2, -0.15) is 0 Å². The van der Waals surface area contributed by atoms with Crippen LogP contribution in [0.15, 0.2) is 42.5 Å². The van der Waals surface area contributed by atoms with E-state index in [-0.39, 0.29) is 5.95 Å². The van der Waals surface area contributed by atoms with Crippen molar-refractivity contribution in [1.82, 2.24) is 0 Å². The average molecular weight is 180 g/mol. The Balaban J connectivity index is 2.47. The SMILES string of the molecule is CCOC(O)=COc1ccccc1. The second kappa shape index (κ2) is 5.09. The maximum absolute atomic E-state index is 9.02. The van der Waals surface area contributed by atoms with Crippen LogP contribution in [0.1, 0.15) is 6.92 Å². The van der Waals surface area contributed by atoms with Gasteiger partial charge in [-0.1, -0.05) is 18.2 Å². The van der Waals surface area contributed by atoms with Crippen molar-refractivity contribution in [2.45, 2.75) is 6.92 Å². The smallest absolute Gasteiger partial charge is 0.313 e. The quantitative estimate of drug-likeness (QED) is 0.723. The molecule has 3 heteroatoms. The minimum Gasteiger partial charge on any atom is -0.479 e. The molecule has 0 saturated heterocycles. The number of ether oxygens (including phenoxy) is 2. The van der Waals surface area contributed by atoms with Gasteiger partial charge in [0.1, 0.15) is 5.75 Å². The summed E-state index contributed by atoms with van der Waals surface area (Å²) in [5.74, 6) is 0.445. The fraction of sp³-hybridized carbons (Fsp3) is 0.200. The van der Waals surface area contributed by atoms with Crippen LogP contribution in [0.4, 0.5) is 0 Å². The molecule has 0 spiro atoms. The molecule has 0 aliphatic rings. The van der Waals surface area contributed by atoms with Crippen LogP contribution in [0.5, 0.6) is 5.75 Å². The van der Waals surface area contributed by atoms with Crippen molar-refractivity contribution in [2.75, 3.05) is 6.61 Å². The highest BCUT2D eigenvalue weighted by atomic mass is 16.6. The molecule has 3 nitrogen and oxygen atoms in total. The van der Waals surface area contributed by atoms with Gasteiger partial charge in [0.25, 0.3) is 0 Å². The molecule has 0 radical (unpaired) electrons. The van der Waals surface area contributed by atoms with E-state index in [1.807, 2.05) is 18.2 Å². The van der Waals surface area contributed by atoms with E-state index in [1.54, 1.807) is 19.1 Å². The van der Waals surface area contributed by atoms with Crippen LogP contribution < -0.4 is 4.74 Å². The van der Waals surface area contributed by atoms with Crippen molar-refractivity contribution < 1.29 is 14.6 Å². The molecule has 0 aliphatic heterocycles. The lowest BCUT2D eigenvalue weighted by Gasteiger charge is -2.01. The third-order valence-corrected chi connectivity index (χ3v) is 1.33. The second-order valence-corrected chi connectivity index (χ2v) is 2.32. The number of aliphatic hydroxyl groups is 1. The van der Waals surface area contributed by atoms with Crippen molar-refractivity contribution in [3.63, 3.8) is 0 Å². The first-order valence-corrected chi connectivity index (χ1v) is 4.06. The highest BCUT2D eigenvalue weighted by Crippen LogP contribution is 2.09. The Hall–Kier alpha value is -1.64. The minimum absolute atomic E-state index is 0.216. The summed E-state index contributed by atoms with van der Waals surface area (Å²) in [6.07, 6.45) is 1.17. The van der Waals surface area contributed by atoms with E-state index in [1.165, 1.54) is 6.26 Å².